The smallest absolute Gasteiger partial charge is 0.123 e. The van der Waals surface area contributed by atoms with Crippen LogP contribution in [0.2, 0.25) is 10.0 Å². The Kier molecular flexibility index (Phi) is 4.19. The van der Waals surface area contributed by atoms with Crippen molar-refractivity contribution in [2.75, 3.05) is 0 Å². The maximum Gasteiger partial charge on any atom is 0.123 e. The number of aromatic amines is 1. The van der Waals surface area contributed by atoms with Gasteiger partial charge in [0.25, 0.3) is 0 Å². The van der Waals surface area contributed by atoms with Crippen LogP contribution >= 0.6 is 23.2 Å². The molecule has 3 rings (SSSR count). The van der Waals surface area contributed by atoms with Gasteiger partial charge in [0.2, 0.25) is 0 Å². The molecule has 0 radical (unpaired) electrons. The molecule has 0 aliphatic heterocycles. The van der Waals surface area contributed by atoms with Crippen LogP contribution in [0.1, 0.15) is 16.8 Å². The molecule has 0 atom stereocenters. The van der Waals surface area contributed by atoms with E-state index in [1.165, 1.54) is 12.1 Å². The standard InChI is InChI=1S/C17H13Cl2FN2/c1-10-16(8-11-2-5-13(20)6-3-11)21-22-17(10)14-7-4-12(18)9-15(14)19/h2-7,9H,8H2,1H3,(H,21,22). The fraction of sp³-hybridized carbons (Fsp3) is 0.118. The van der Waals surface area contributed by atoms with Crippen LogP contribution in [0, 0.1) is 12.7 Å². The molecule has 0 bridgehead atoms. The Hall–Kier alpha value is -1.84. The Morgan fingerprint density at radius 3 is 2.50 bits per heavy atom. The second-order valence-corrected chi connectivity index (χ2v) is 5.95. The lowest BCUT2D eigenvalue weighted by Crippen LogP contribution is -1.91. The Morgan fingerprint density at radius 1 is 1.09 bits per heavy atom. The maximum atomic E-state index is 13.0. The monoisotopic (exact) mass is 334 g/mol. The lowest BCUT2D eigenvalue weighted by Gasteiger charge is -2.04. The summed E-state index contributed by atoms with van der Waals surface area (Å²) in [5, 5.41) is 8.56. The molecule has 1 aromatic heterocycles. The second kappa shape index (κ2) is 6.11. The Balaban J connectivity index is 1.93. The van der Waals surface area contributed by atoms with E-state index in [0.717, 1.165) is 28.1 Å². The number of hydrogen-bond acceptors (Lipinski definition) is 1. The van der Waals surface area contributed by atoms with Gasteiger partial charge < -0.3 is 0 Å². The molecule has 5 heteroatoms. The minimum atomic E-state index is -0.237. The predicted molar refractivity (Wildman–Crippen MR) is 88.0 cm³/mol. The molecule has 1 N–H and O–H groups in total. The largest absolute Gasteiger partial charge is 0.281 e. The van der Waals surface area contributed by atoms with Crippen LogP contribution in [0.4, 0.5) is 4.39 Å². The van der Waals surface area contributed by atoms with Crippen LogP contribution in [0.5, 0.6) is 0 Å². The van der Waals surface area contributed by atoms with E-state index in [0.29, 0.717) is 16.5 Å². The number of nitrogens with one attached hydrogen (secondary N) is 1. The van der Waals surface area contributed by atoms with Crippen molar-refractivity contribution in [1.29, 1.82) is 0 Å². The van der Waals surface area contributed by atoms with Crippen LogP contribution in [0.3, 0.4) is 0 Å². The summed E-state index contributed by atoms with van der Waals surface area (Å²) in [6.07, 6.45) is 0.657. The van der Waals surface area contributed by atoms with E-state index >= 15 is 0 Å². The molecule has 0 aliphatic carbocycles. The van der Waals surface area contributed by atoms with Crippen molar-refractivity contribution >= 4 is 23.2 Å². The lowest BCUT2D eigenvalue weighted by molar-refractivity contribution is 0.627. The quantitative estimate of drug-likeness (QED) is 0.680. The van der Waals surface area contributed by atoms with Gasteiger partial charge in [-0.25, -0.2) is 4.39 Å². The summed E-state index contributed by atoms with van der Waals surface area (Å²) < 4.78 is 13.0. The zero-order valence-electron chi connectivity index (χ0n) is 11.8. The van der Waals surface area contributed by atoms with Crippen molar-refractivity contribution in [2.24, 2.45) is 0 Å². The molecule has 3 aromatic rings. The number of benzene rings is 2. The molecular weight excluding hydrogens is 322 g/mol. The molecular formula is C17H13Cl2FN2. The third-order valence-corrected chi connectivity index (χ3v) is 4.14. The Morgan fingerprint density at radius 2 is 1.82 bits per heavy atom. The van der Waals surface area contributed by atoms with E-state index in [9.17, 15) is 4.39 Å². The van der Waals surface area contributed by atoms with E-state index in [1.807, 2.05) is 13.0 Å². The minimum absolute atomic E-state index is 0.237. The molecule has 112 valence electrons. The first-order valence-electron chi connectivity index (χ1n) is 6.78. The SMILES string of the molecule is Cc1c(-c2ccc(Cl)cc2Cl)n[nH]c1Cc1ccc(F)cc1. The van der Waals surface area contributed by atoms with Gasteiger partial charge in [0.15, 0.2) is 0 Å². The van der Waals surface area contributed by atoms with Gasteiger partial charge in [0, 0.05) is 22.7 Å². The summed E-state index contributed by atoms with van der Waals surface area (Å²) in [4.78, 5) is 0. The zero-order chi connectivity index (χ0) is 15.7. The van der Waals surface area contributed by atoms with Crippen LogP contribution < -0.4 is 0 Å². The van der Waals surface area contributed by atoms with Crippen molar-refractivity contribution in [2.45, 2.75) is 13.3 Å². The molecule has 0 saturated carbocycles. The highest BCUT2D eigenvalue weighted by Crippen LogP contribution is 2.32. The Bertz CT molecular complexity index is 810. The zero-order valence-corrected chi connectivity index (χ0v) is 13.3. The maximum absolute atomic E-state index is 13.0. The Labute approximate surface area is 137 Å². The van der Waals surface area contributed by atoms with Gasteiger partial charge in [-0.15, -0.1) is 0 Å². The topological polar surface area (TPSA) is 28.7 Å². The molecule has 0 unspecified atom stereocenters. The van der Waals surface area contributed by atoms with Gasteiger partial charge in [-0.05, 0) is 48.4 Å². The molecule has 0 spiro atoms. The summed E-state index contributed by atoms with van der Waals surface area (Å²) in [6, 6.07) is 11.8. The highest BCUT2D eigenvalue weighted by atomic mass is 35.5. The van der Waals surface area contributed by atoms with Crippen molar-refractivity contribution < 1.29 is 4.39 Å². The van der Waals surface area contributed by atoms with Crippen LogP contribution in [-0.2, 0) is 6.42 Å². The highest BCUT2D eigenvalue weighted by molar-refractivity contribution is 6.36. The number of nitrogens with zero attached hydrogens (tertiary/aromatic N) is 1. The number of H-pyrrole nitrogens is 1. The van der Waals surface area contributed by atoms with Crippen LogP contribution in [-0.4, -0.2) is 10.2 Å². The van der Waals surface area contributed by atoms with Crippen molar-refractivity contribution in [3.05, 3.63) is 75.1 Å². The molecule has 2 nitrogen and oxygen atoms in total. The average Bonchev–Trinajstić information content (AvgIpc) is 2.83. The number of hydrogen-bond donors (Lipinski definition) is 1. The van der Waals surface area contributed by atoms with E-state index in [1.54, 1.807) is 24.3 Å². The highest BCUT2D eigenvalue weighted by Gasteiger charge is 2.14. The van der Waals surface area contributed by atoms with E-state index in [-0.39, 0.29) is 5.82 Å². The van der Waals surface area contributed by atoms with Gasteiger partial charge in [0.05, 0.1) is 10.7 Å². The van der Waals surface area contributed by atoms with Gasteiger partial charge >= 0.3 is 0 Å². The molecule has 1 heterocycles. The predicted octanol–water partition coefficient (Wildman–Crippen LogP) is 5.42. The summed E-state index contributed by atoms with van der Waals surface area (Å²) in [6.45, 7) is 1.99. The van der Waals surface area contributed by atoms with Crippen molar-refractivity contribution in [3.63, 3.8) is 0 Å². The normalized spacial score (nSPS) is 10.9. The van der Waals surface area contributed by atoms with Gasteiger partial charge in [-0.1, -0.05) is 35.3 Å². The van der Waals surface area contributed by atoms with Crippen LogP contribution in [0.15, 0.2) is 42.5 Å². The first kappa shape index (κ1) is 15.1. The molecule has 0 amide bonds. The molecule has 0 saturated heterocycles. The summed E-state index contributed by atoms with van der Waals surface area (Å²) in [5.41, 5.74) is 4.66. The summed E-state index contributed by atoms with van der Waals surface area (Å²) in [7, 11) is 0. The van der Waals surface area contributed by atoms with E-state index in [4.69, 9.17) is 23.2 Å². The lowest BCUT2D eigenvalue weighted by atomic mass is 10.0. The van der Waals surface area contributed by atoms with Gasteiger partial charge in [-0.2, -0.15) is 5.10 Å². The van der Waals surface area contributed by atoms with Crippen molar-refractivity contribution in [3.8, 4) is 11.3 Å². The first-order chi connectivity index (χ1) is 10.5. The number of rotatable bonds is 3. The molecule has 0 aliphatic rings. The third-order valence-electron chi connectivity index (χ3n) is 3.59. The second-order valence-electron chi connectivity index (χ2n) is 5.10. The van der Waals surface area contributed by atoms with Crippen LogP contribution in [0.25, 0.3) is 11.3 Å². The fourth-order valence-corrected chi connectivity index (χ4v) is 2.85. The molecule has 2 aromatic carbocycles. The van der Waals surface area contributed by atoms with E-state index in [2.05, 4.69) is 10.2 Å². The van der Waals surface area contributed by atoms with Crippen molar-refractivity contribution in [1.82, 2.24) is 10.2 Å². The minimum Gasteiger partial charge on any atom is -0.281 e. The number of halogens is 3. The molecule has 22 heavy (non-hydrogen) atoms. The third kappa shape index (κ3) is 3.01. The summed E-state index contributed by atoms with van der Waals surface area (Å²) in [5.74, 6) is -0.237. The summed E-state index contributed by atoms with van der Waals surface area (Å²) >= 11 is 12.2. The van der Waals surface area contributed by atoms with Gasteiger partial charge in [-0.3, -0.25) is 5.10 Å². The van der Waals surface area contributed by atoms with E-state index < -0.39 is 0 Å². The van der Waals surface area contributed by atoms with Gasteiger partial charge in [0.1, 0.15) is 5.82 Å². The number of aromatic nitrogens is 2. The first-order valence-corrected chi connectivity index (χ1v) is 7.54. The fourth-order valence-electron chi connectivity index (χ4n) is 2.36. The average molecular weight is 335 g/mol. The molecule has 0 fully saturated rings.